The van der Waals surface area contributed by atoms with Crippen LogP contribution >= 0.6 is 0 Å². The molecule has 19 heavy (non-hydrogen) atoms. The summed E-state index contributed by atoms with van der Waals surface area (Å²) in [5, 5.41) is 21.3. The van der Waals surface area contributed by atoms with E-state index in [1.165, 1.54) is 24.3 Å². The van der Waals surface area contributed by atoms with Crippen molar-refractivity contribution < 1.29 is 9.85 Å². The highest BCUT2D eigenvalue weighted by atomic mass is 16.6. The van der Waals surface area contributed by atoms with Gasteiger partial charge < -0.3 is 0 Å². The summed E-state index contributed by atoms with van der Waals surface area (Å²) in [4.78, 5) is 20.4. The van der Waals surface area contributed by atoms with Gasteiger partial charge in [-0.2, -0.15) is 0 Å². The second kappa shape index (κ2) is 5.26. The van der Waals surface area contributed by atoms with Gasteiger partial charge in [-0.3, -0.25) is 20.2 Å². The fourth-order valence-corrected chi connectivity index (χ4v) is 1.80. The second-order valence-electron chi connectivity index (χ2n) is 4.03. The smallest absolute Gasteiger partial charge is 0.258 e. The Balaban J connectivity index is 2.26. The van der Waals surface area contributed by atoms with Crippen molar-refractivity contribution in [3.63, 3.8) is 0 Å². The van der Waals surface area contributed by atoms with E-state index in [9.17, 15) is 20.2 Å². The molecule has 0 aliphatic heterocycles. The van der Waals surface area contributed by atoms with Gasteiger partial charge in [-0.05, 0) is 17.5 Å². The highest BCUT2D eigenvalue weighted by Crippen LogP contribution is 2.19. The number of hydrogen-bond acceptors (Lipinski definition) is 4. The lowest BCUT2D eigenvalue weighted by Gasteiger charge is -2.02. The molecule has 0 saturated carbocycles. The third kappa shape index (κ3) is 3.12. The van der Waals surface area contributed by atoms with E-state index >= 15 is 0 Å². The minimum Gasteiger partial charge on any atom is -0.258 e. The van der Waals surface area contributed by atoms with Gasteiger partial charge in [0.2, 0.25) is 0 Å². The number of nitro groups is 2. The largest absolute Gasteiger partial charge is 0.269 e. The Kier molecular flexibility index (Phi) is 3.51. The number of benzene rings is 2. The van der Waals surface area contributed by atoms with Gasteiger partial charge in [0.15, 0.2) is 0 Å². The van der Waals surface area contributed by atoms with E-state index in [1.807, 2.05) is 0 Å². The van der Waals surface area contributed by atoms with Crippen LogP contribution in [0.3, 0.4) is 0 Å². The van der Waals surface area contributed by atoms with Gasteiger partial charge in [0.1, 0.15) is 0 Å². The average molecular weight is 258 g/mol. The normalized spacial score (nSPS) is 10.1. The molecule has 2 rings (SSSR count). The molecule has 0 heterocycles. The number of nitrogens with zero attached hydrogens (tertiary/aromatic N) is 2. The molecule has 0 aliphatic carbocycles. The van der Waals surface area contributed by atoms with Crippen molar-refractivity contribution in [1.29, 1.82) is 0 Å². The zero-order valence-electron chi connectivity index (χ0n) is 9.85. The Morgan fingerprint density at radius 3 is 1.58 bits per heavy atom. The van der Waals surface area contributed by atoms with E-state index < -0.39 is 9.85 Å². The summed E-state index contributed by atoms with van der Waals surface area (Å²) < 4.78 is 0. The lowest BCUT2D eigenvalue weighted by atomic mass is 10.0. The van der Waals surface area contributed by atoms with Gasteiger partial charge in [-0.1, -0.05) is 24.3 Å². The summed E-state index contributed by atoms with van der Waals surface area (Å²) in [6, 6.07) is 12.5. The molecule has 0 atom stereocenters. The Hall–Kier alpha value is -2.76. The number of nitro benzene ring substituents is 2. The maximum atomic E-state index is 10.7. The van der Waals surface area contributed by atoms with E-state index in [2.05, 4.69) is 0 Å². The van der Waals surface area contributed by atoms with Crippen LogP contribution in [0.2, 0.25) is 0 Å². The van der Waals surface area contributed by atoms with Crippen LogP contribution in [-0.4, -0.2) is 9.85 Å². The molecule has 0 N–H and O–H groups in total. The fraction of sp³-hybridized carbons (Fsp3) is 0.0769. The van der Waals surface area contributed by atoms with Crippen molar-refractivity contribution in [2.75, 3.05) is 0 Å². The summed E-state index contributed by atoms with van der Waals surface area (Å²) in [7, 11) is 0. The molecule has 0 bridgehead atoms. The highest BCUT2D eigenvalue weighted by molar-refractivity contribution is 5.40. The Morgan fingerprint density at radius 2 is 1.21 bits per heavy atom. The molecule has 96 valence electrons. The second-order valence-corrected chi connectivity index (χ2v) is 4.03. The molecule has 6 heteroatoms. The first kappa shape index (κ1) is 12.7. The zero-order valence-corrected chi connectivity index (χ0v) is 9.85. The molecule has 0 spiro atoms. The van der Waals surface area contributed by atoms with Crippen molar-refractivity contribution in [2.45, 2.75) is 6.42 Å². The first-order valence-corrected chi connectivity index (χ1v) is 5.53. The van der Waals surface area contributed by atoms with E-state index in [0.717, 1.165) is 11.1 Å². The monoisotopic (exact) mass is 258 g/mol. The van der Waals surface area contributed by atoms with E-state index in [0.29, 0.717) is 6.42 Å². The molecule has 2 aromatic carbocycles. The van der Waals surface area contributed by atoms with E-state index in [-0.39, 0.29) is 11.4 Å². The maximum absolute atomic E-state index is 10.7. The molecule has 0 radical (unpaired) electrons. The Bertz CT molecular complexity index is 585. The lowest BCUT2D eigenvalue weighted by Crippen LogP contribution is -1.93. The third-order valence-electron chi connectivity index (χ3n) is 2.65. The van der Waals surface area contributed by atoms with Crippen molar-refractivity contribution in [2.24, 2.45) is 0 Å². The molecule has 2 aromatic rings. The Labute approximate surface area is 108 Å². The lowest BCUT2D eigenvalue weighted by molar-refractivity contribution is -0.385. The predicted octanol–water partition coefficient (Wildman–Crippen LogP) is 3.09. The van der Waals surface area contributed by atoms with E-state index in [4.69, 9.17) is 0 Å². The van der Waals surface area contributed by atoms with Crippen LogP contribution in [0.25, 0.3) is 0 Å². The van der Waals surface area contributed by atoms with Gasteiger partial charge in [-0.15, -0.1) is 0 Å². The van der Waals surface area contributed by atoms with Crippen molar-refractivity contribution in [3.8, 4) is 0 Å². The van der Waals surface area contributed by atoms with Gasteiger partial charge in [0.25, 0.3) is 11.4 Å². The fourth-order valence-electron chi connectivity index (χ4n) is 1.80. The van der Waals surface area contributed by atoms with Crippen LogP contribution in [0.1, 0.15) is 11.1 Å². The molecular formula is C13H10N2O4. The van der Waals surface area contributed by atoms with Crippen LogP contribution in [-0.2, 0) is 6.42 Å². The van der Waals surface area contributed by atoms with Gasteiger partial charge >= 0.3 is 0 Å². The summed E-state index contributed by atoms with van der Waals surface area (Å²) in [6.07, 6.45) is 0.420. The van der Waals surface area contributed by atoms with Crippen LogP contribution in [0.5, 0.6) is 0 Å². The van der Waals surface area contributed by atoms with Crippen LogP contribution < -0.4 is 0 Å². The SMILES string of the molecule is O=[N+]([O-])c1cccc(Cc2cccc([N+](=O)[O-])c2)c1. The first-order valence-electron chi connectivity index (χ1n) is 5.53. The summed E-state index contributed by atoms with van der Waals surface area (Å²) in [6.45, 7) is 0. The summed E-state index contributed by atoms with van der Waals surface area (Å²) in [5.41, 5.74) is 1.52. The standard InChI is InChI=1S/C13H10N2O4/c16-14(17)12-5-1-3-10(8-12)7-11-4-2-6-13(9-11)15(18)19/h1-6,8-9H,7H2. The molecular weight excluding hydrogens is 248 g/mol. The van der Waals surface area contributed by atoms with Gasteiger partial charge in [0, 0.05) is 24.3 Å². The Morgan fingerprint density at radius 1 is 0.789 bits per heavy atom. The summed E-state index contributed by atoms with van der Waals surface area (Å²) >= 11 is 0. The minimum absolute atomic E-state index is 0.0166. The molecule has 0 saturated heterocycles. The van der Waals surface area contributed by atoms with Crippen LogP contribution in [0.4, 0.5) is 11.4 Å². The molecule has 0 aliphatic rings. The minimum atomic E-state index is -0.461. The summed E-state index contributed by atoms with van der Waals surface area (Å²) in [5.74, 6) is 0. The molecule has 0 amide bonds. The quantitative estimate of drug-likeness (QED) is 0.622. The van der Waals surface area contributed by atoms with Crippen LogP contribution in [0, 0.1) is 20.2 Å². The van der Waals surface area contributed by atoms with Gasteiger partial charge in [0.05, 0.1) is 9.85 Å². The molecule has 6 nitrogen and oxygen atoms in total. The molecule has 0 aromatic heterocycles. The predicted molar refractivity (Wildman–Crippen MR) is 69.0 cm³/mol. The van der Waals surface area contributed by atoms with Crippen molar-refractivity contribution >= 4 is 11.4 Å². The first-order chi connectivity index (χ1) is 9.06. The number of non-ortho nitro benzene ring substituents is 2. The van der Waals surface area contributed by atoms with Gasteiger partial charge in [-0.25, -0.2) is 0 Å². The third-order valence-corrected chi connectivity index (χ3v) is 2.65. The molecule has 0 fully saturated rings. The van der Waals surface area contributed by atoms with E-state index in [1.54, 1.807) is 24.3 Å². The zero-order chi connectivity index (χ0) is 13.8. The van der Waals surface area contributed by atoms with Crippen LogP contribution in [0.15, 0.2) is 48.5 Å². The average Bonchev–Trinajstić information content (AvgIpc) is 2.39. The topological polar surface area (TPSA) is 86.3 Å². The maximum Gasteiger partial charge on any atom is 0.269 e. The van der Waals surface area contributed by atoms with Crippen molar-refractivity contribution in [1.82, 2.24) is 0 Å². The molecule has 0 unspecified atom stereocenters. The number of hydrogen-bond donors (Lipinski definition) is 0. The number of rotatable bonds is 4. The van der Waals surface area contributed by atoms with Crippen molar-refractivity contribution in [3.05, 3.63) is 79.9 Å². The highest BCUT2D eigenvalue weighted by Gasteiger charge is 2.08.